The lowest BCUT2D eigenvalue weighted by atomic mass is 10.2. The summed E-state index contributed by atoms with van der Waals surface area (Å²) in [4.78, 5) is 13.9. The number of pyridine rings is 1. The molecule has 1 aromatic heterocycles. The lowest BCUT2D eigenvalue weighted by molar-refractivity contribution is -0.385. The summed E-state index contributed by atoms with van der Waals surface area (Å²) in [6.07, 6.45) is 1.49. The average molecular weight is 523 g/mol. The van der Waals surface area contributed by atoms with Crippen molar-refractivity contribution in [2.45, 2.75) is 4.90 Å². The largest absolute Gasteiger partial charge is 0.375 e. The topological polar surface area (TPSA) is 99.4 Å². The van der Waals surface area contributed by atoms with Crippen LogP contribution in [-0.4, -0.2) is 18.3 Å². The van der Waals surface area contributed by atoms with Gasteiger partial charge in [0, 0.05) is 28.2 Å². The van der Waals surface area contributed by atoms with Crippen LogP contribution in [0, 0.1) is 10.1 Å². The van der Waals surface area contributed by atoms with Crippen molar-refractivity contribution in [1.82, 2.24) is 4.98 Å². The van der Waals surface area contributed by atoms with Gasteiger partial charge in [-0.25, -0.2) is 0 Å². The number of non-ortho nitro benzene ring substituents is 1. The van der Waals surface area contributed by atoms with Crippen LogP contribution >= 0.6 is 43.5 Å². The van der Waals surface area contributed by atoms with Crippen LogP contribution in [0.15, 0.2) is 56.4 Å². The van der Waals surface area contributed by atoms with Crippen molar-refractivity contribution in [3.8, 4) is 5.75 Å². The van der Waals surface area contributed by atoms with Crippen LogP contribution in [0.3, 0.4) is 0 Å². The summed E-state index contributed by atoms with van der Waals surface area (Å²) in [5, 5.41) is 11.4. The molecule has 11 heteroatoms. The third kappa shape index (κ3) is 3.54. The van der Waals surface area contributed by atoms with E-state index < -0.39 is 25.6 Å². The molecule has 2 aromatic carbocycles. The second-order valence-electron chi connectivity index (χ2n) is 4.98. The minimum absolute atomic E-state index is 0.0497. The zero-order valence-electron chi connectivity index (χ0n) is 12.5. The Kier molecular flexibility index (Phi) is 5.20. The van der Waals surface area contributed by atoms with Crippen molar-refractivity contribution >= 4 is 70.2 Å². The minimum atomic E-state index is -4.45. The molecule has 0 unspecified atom stereocenters. The average Bonchev–Trinajstić information content (AvgIpc) is 2.58. The van der Waals surface area contributed by atoms with Crippen molar-refractivity contribution in [3.63, 3.8) is 0 Å². The normalized spacial score (nSPS) is 11.5. The summed E-state index contributed by atoms with van der Waals surface area (Å²) in [7, 11) is -4.45. The van der Waals surface area contributed by atoms with Gasteiger partial charge in [-0.2, -0.15) is 8.42 Å². The molecular formula is C15H7Br2ClN2O5S. The number of nitrogens with zero attached hydrogens (tertiary/aromatic N) is 2. The van der Waals surface area contributed by atoms with E-state index >= 15 is 0 Å². The van der Waals surface area contributed by atoms with E-state index in [1.54, 1.807) is 18.2 Å². The Bertz CT molecular complexity index is 1150. The van der Waals surface area contributed by atoms with Gasteiger partial charge in [-0.15, -0.1) is 0 Å². The van der Waals surface area contributed by atoms with Crippen LogP contribution in [0.25, 0.3) is 10.9 Å². The summed E-state index contributed by atoms with van der Waals surface area (Å²) in [6.45, 7) is 0. The van der Waals surface area contributed by atoms with Crippen LogP contribution < -0.4 is 4.18 Å². The predicted octanol–water partition coefficient (Wildman–Crippen LogP) is 5.09. The SMILES string of the molecule is O=[N+]([O-])c1ccc(Cl)c(S(=O)(=O)Oc2c(Br)cc(Br)c3cccnc23)c1. The van der Waals surface area contributed by atoms with Crippen LogP contribution in [0.4, 0.5) is 5.69 Å². The number of fused-ring (bicyclic) bond motifs is 1. The molecule has 0 atom stereocenters. The number of hydrogen-bond donors (Lipinski definition) is 0. The molecule has 134 valence electrons. The van der Waals surface area contributed by atoms with Crippen molar-refractivity contribution < 1.29 is 17.5 Å². The summed E-state index contributed by atoms with van der Waals surface area (Å²) < 4.78 is 31.6. The Balaban J connectivity index is 2.17. The van der Waals surface area contributed by atoms with Gasteiger partial charge in [0.05, 0.1) is 14.4 Å². The highest BCUT2D eigenvalue weighted by Gasteiger charge is 2.26. The first-order valence-corrected chi connectivity index (χ1v) is 10.2. The molecule has 0 aliphatic rings. The van der Waals surface area contributed by atoms with Gasteiger partial charge >= 0.3 is 10.1 Å². The maximum absolute atomic E-state index is 12.7. The number of halogens is 3. The van der Waals surface area contributed by atoms with E-state index in [1.807, 2.05) is 0 Å². The molecule has 0 bridgehead atoms. The number of benzene rings is 2. The number of aromatic nitrogens is 1. The monoisotopic (exact) mass is 520 g/mol. The Morgan fingerprint density at radius 1 is 1.15 bits per heavy atom. The van der Waals surface area contributed by atoms with Crippen molar-refractivity contribution in [2.75, 3.05) is 0 Å². The molecule has 0 fully saturated rings. The van der Waals surface area contributed by atoms with Gasteiger partial charge in [-0.3, -0.25) is 15.1 Å². The standard InChI is InChI=1S/C15H7Br2ClN2O5S/c16-10-7-11(17)15(14-9(10)2-1-5-19-14)25-26(23,24)13-6-8(20(21)22)3-4-12(13)18/h1-7H. The highest BCUT2D eigenvalue weighted by molar-refractivity contribution is 9.11. The van der Waals surface area contributed by atoms with E-state index in [4.69, 9.17) is 15.8 Å². The lowest BCUT2D eigenvalue weighted by Gasteiger charge is -2.12. The quantitative estimate of drug-likeness (QED) is 0.269. The smallest absolute Gasteiger partial charge is 0.341 e. The molecular weight excluding hydrogens is 516 g/mol. The van der Waals surface area contributed by atoms with Gasteiger partial charge in [-0.05, 0) is 34.1 Å². The number of nitro benzene ring substituents is 1. The number of rotatable bonds is 4. The van der Waals surface area contributed by atoms with Crippen LogP contribution in [0.5, 0.6) is 5.75 Å². The fraction of sp³-hybridized carbons (Fsp3) is 0. The second kappa shape index (κ2) is 7.10. The molecule has 0 N–H and O–H groups in total. The minimum Gasteiger partial charge on any atom is -0.375 e. The van der Waals surface area contributed by atoms with Gasteiger partial charge in [-0.1, -0.05) is 33.6 Å². The van der Waals surface area contributed by atoms with Gasteiger partial charge < -0.3 is 4.18 Å². The van der Waals surface area contributed by atoms with Crippen LogP contribution in [0.2, 0.25) is 5.02 Å². The Morgan fingerprint density at radius 3 is 2.58 bits per heavy atom. The predicted molar refractivity (Wildman–Crippen MR) is 103 cm³/mol. The first-order valence-electron chi connectivity index (χ1n) is 6.82. The molecule has 0 spiro atoms. The molecule has 0 saturated carbocycles. The van der Waals surface area contributed by atoms with E-state index in [2.05, 4.69) is 36.8 Å². The summed E-state index contributed by atoms with van der Waals surface area (Å²) >= 11 is 12.5. The van der Waals surface area contributed by atoms with E-state index in [9.17, 15) is 18.5 Å². The van der Waals surface area contributed by atoms with Crippen LogP contribution in [0.1, 0.15) is 0 Å². The fourth-order valence-electron chi connectivity index (χ4n) is 2.18. The van der Waals surface area contributed by atoms with E-state index in [-0.39, 0.29) is 10.8 Å². The Hall–Kier alpha value is -1.75. The number of hydrogen-bond acceptors (Lipinski definition) is 6. The molecule has 3 aromatic rings. The molecule has 0 amide bonds. The van der Waals surface area contributed by atoms with Crippen molar-refractivity contribution in [1.29, 1.82) is 0 Å². The van der Waals surface area contributed by atoms with E-state index in [0.29, 0.717) is 19.8 Å². The lowest BCUT2D eigenvalue weighted by Crippen LogP contribution is -2.12. The maximum atomic E-state index is 12.7. The molecule has 1 heterocycles. The number of nitro groups is 1. The molecule has 0 radical (unpaired) electrons. The summed E-state index contributed by atoms with van der Waals surface area (Å²) in [5.41, 5.74) is -0.131. The van der Waals surface area contributed by atoms with E-state index in [0.717, 1.165) is 18.2 Å². The highest BCUT2D eigenvalue weighted by atomic mass is 79.9. The second-order valence-corrected chi connectivity index (χ2v) is 8.61. The Labute approximate surface area is 169 Å². The van der Waals surface area contributed by atoms with Gasteiger partial charge in [0.1, 0.15) is 10.4 Å². The van der Waals surface area contributed by atoms with Gasteiger partial charge in [0.2, 0.25) is 0 Å². The van der Waals surface area contributed by atoms with Gasteiger partial charge in [0.25, 0.3) is 5.69 Å². The fourth-order valence-corrected chi connectivity index (χ4v) is 5.09. The first kappa shape index (κ1) is 19.0. The molecule has 26 heavy (non-hydrogen) atoms. The molecule has 7 nitrogen and oxygen atoms in total. The summed E-state index contributed by atoms with van der Waals surface area (Å²) in [6, 6.07) is 8.12. The molecule has 0 aliphatic carbocycles. The zero-order chi connectivity index (χ0) is 19.1. The molecule has 0 aliphatic heterocycles. The van der Waals surface area contributed by atoms with Gasteiger partial charge in [0.15, 0.2) is 5.75 Å². The third-order valence-electron chi connectivity index (χ3n) is 3.34. The molecule has 3 rings (SSSR count). The van der Waals surface area contributed by atoms with E-state index in [1.165, 1.54) is 6.20 Å². The third-order valence-corrected chi connectivity index (χ3v) is 6.29. The highest BCUT2D eigenvalue weighted by Crippen LogP contribution is 2.39. The first-order chi connectivity index (χ1) is 12.2. The summed E-state index contributed by atoms with van der Waals surface area (Å²) in [5.74, 6) is -0.0497. The zero-order valence-corrected chi connectivity index (χ0v) is 17.3. The molecule has 0 saturated heterocycles. The van der Waals surface area contributed by atoms with Crippen LogP contribution in [-0.2, 0) is 10.1 Å². The maximum Gasteiger partial charge on any atom is 0.341 e. The van der Waals surface area contributed by atoms with Crippen molar-refractivity contribution in [3.05, 3.63) is 66.7 Å². The van der Waals surface area contributed by atoms with Crippen molar-refractivity contribution in [2.24, 2.45) is 0 Å². The Morgan fingerprint density at radius 2 is 1.88 bits per heavy atom.